The first-order chi connectivity index (χ1) is 13.2. The monoisotopic (exact) mass is 460 g/mol. The van der Waals surface area contributed by atoms with Crippen LogP contribution in [0.4, 0.5) is 11.4 Å². The van der Waals surface area contributed by atoms with Crippen molar-refractivity contribution in [2.75, 3.05) is 31.7 Å². The van der Waals surface area contributed by atoms with E-state index in [1.165, 1.54) is 0 Å². The van der Waals surface area contributed by atoms with Crippen LogP contribution in [0.15, 0.2) is 29.5 Å². The van der Waals surface area contributed by atoms with Crippen molar-refractivity contribution < 1.29 is 9.59 Å². The fourth-order valence-electron chi connectivity index (χ4n) is 2.74. The number of nitrogens with one attached hydrogen (secondary N) is 4. The van der Waals surface area contributed by atoms with E-state index in [1.807, 2.05) is 6.92 Å². The number of anilines is 2. The number of rotatable bonds is 6. The van der Waals surface area contributed by atoms with Crippen molar-refractivity contribution in [2.45, 2.75) is 13.0 Å². The summed E-state index contributed by atoms with van der Waals surface area (Å²) in [5.41, 5.74) is 7.62. The number of guanidine groups is 1. The Labute approximate surface area is 188 Å². The lowest BCUT2D eigenvalue weighted by atomic mass is 10.3. The summed E-state index contributed by atoms with van der Waals surface area (Å²) in [5, 5.41) is 11.7. The van der Waals surface area contributed by atoms with Crippen molar-refractivity contribution in [3.63, 3.8) is 0 Å². The van der Waals surface area contributed by atoms with Gasteiger partial charge in [-0.3, -0.25) is 14.6 Å². The van der Waals surface area contributed by atoms with Crippen LogP contribution in [0.2, 0.25) is 0 Å². The Bertz CT molecular complexity index is 891. The molecule has 12 heteroatoms. The molecule has 2 aromatic rings. The van der Waals surface area contributed by atoms with Crippen LogP contribution in [0.1, 0.15) is 27.9 Å². The van der Waals surface area contributed by atoms with Crippen LogP contribution in [0.3, 0.4) is 0 Å². The Hall–Kier alpha value is -2.85. The minimum absolute atomic E-state index is 0. The molecular formula is C18H30Cl2N8O2. The fourth-order valence-corrected chi connectivity index (χ4v) is 2.74. The number of carbonyl (C=O) groups excluding carboxylic acids is 2. The molecule has 0 fully saturated rings. The number of nitrogens with zero attached hydrogens (tertiary/aromatic N) is 3. The molecule has 0 spiro atoms. The molecule has 2 aromatic heterocycles. The van der Waals surface area contributed by atoms with Crippen molar-refractivity contribution in [3.05, 3.63) is 35.9 Å². The van der Waals surface area contributed by atoms with Crippen LogP contribution in [0.5, 0.6) is 0 Å². The van der Waals surface area contributed by atoms with E-state index in [0.717, 1.165) is 0 Å². The molecule has 0 bridgehead atoms. The van der Waals surface area contributed by atoms with Gasteiger partial charge < -0.3 is 36.1 Å². The molecule has 6 N–H and O–H groups in total. The second-order valence-electron chi connectivity index (χ2n) is 6.53. The number of carbonyl (C=O) groups is 2. The molecule has 10 nitrogen and oxygen atoms in total. The Morgan fingerprint density at radius 3 is 2.23 bits per heavy atom. The van der Waals surface area contributed by atoms with Gasteiger partial charge in [-0.1, -0.05) is 0 Å². The Morgan fingerprint density at radius 1 is 1.10 bits per heavy atom. The van der Waals surface area contributed by atoms with Crippen LogP contribution >= 0.6 is 24.8 Å². The van der Waals surface area contributed by atoms with Crippen LogP contribution in [-0.2, 0) is 14.1 Å². The zero-order valence-electron chi connectivity index (χ0n) is 17.6. The molecule has 0 aliphatic heterocycles. The zero-order chi connectivity index (χ0) is 20.8. The molecule has 30 heavy (non-hydrogen) atoms. The van der Waals surface area contributed by atoms with Gasteiger partial charge in [0.1, 0.15) is 11.4 Å². The maximum atomic E-state index is 12.5. The van der Waals surface area contributed by atoms with Crippen molar-refractivity contribution >= 4 is 54.0 Å². The summed E-state index contributed by atoms with van der Waals surface area (Å²) in [4.78, 5) is 28.9. The van der Waals surface area contributed by atoms with Gasteiger partial charge >= 0.3 is 0 Å². The minimum atomic E-state index is -0.298. The van der Waals surface area contributed by atoms with Crippen LogP contribution < -0.4 is 27.0 Å². The number of amides is 2. The standard InChI is InChI=1S/C18H28N8O2.2ClH/c1-11(23-18(20-2)21-3)8-22-16(27)15-7-13(10-26(15)5)24-17(28)14-6-12(19)9-25(14)4;;/h6-7,9-11H,8,19H2,1-5H3,(H,22,27)(H,24,28)(H2,20,21,23);2*1H. The first kappa shape index (κ1) is 27.1. The lowest BCUT2D eigenvalue weighted by molar-refractivity contribution is 0.0941. The molecule has 1 atom stereocenters. The normalized spacial score (nSPS) is 11.6. The number of nitrogen functional groups attached to an aromatic ring is 1. The van der Waals surface area contributed by atoms with Crippen molar-refractivity contribution in [1.29, 1.82) is 0 Å². The Kier molecular flexibility index (Phi) is 10.8. The highest BCUT2D eigenvalue weighted by atomic mass is 35.5. The third kappa shape index (κ3) is 6.89. The smallest absolute Gasteiger partial charge is 0.272 e. The zero-order valence-corrected chi connectivity index (χ0v) is 19.3. The van der Waals surface area contributed by atoms with Gasteiger partial charge in [0.15, 0.2) is 5.96 Å². The summed E-state index contributed by atoms with van der Waals surface area (Å²) in [6.07, 6.45) is 3.35. The summed E-state index contributed by atoms with van der Waals surface area (Å²) in [6.45, 7) is 2.35. The van der Waals surface area contributed by atoms with Gasteiger partial charge in [-0.15, -0.1) is 24.8 Å². The number of hydrogen-bond donors (Lipinski definition) is 5. The fraction of sp³-hybridized carbons (Fsp3) is 0.389. The average molecular weight is 461 g/mol. The number of nitrogens with two attached hydrogens (primary N) is 1. The van der Waals surface area contributed by atoms with Gasteiger partial charge in [0.25, 0.3) is 11.8 Å². The molecular weight excluding hydrogens is 431 g/mol. The quantitative estimate of drug-likeness (QED) is 0.323. The van der Waals surface area contributed by atoms with Gasteiger partial charge in [0, 0.05) is 53.2 Å². The predicted octanol–water partition coefficient (Wildman–Crippen LogP) is 0.955. The highest BCUT2D eigenvalue weighted by Crippen LogP contribution is 2.16. The van der Waals surface area contributed by atoms with E-state index in [2.05, 4.69) is 26.3 Å². The molecule has 0 saturated heterocycles. The Balaban J connectivity index is 0.00000420. The number of aryl methyl sites for hydroxylation is 2. The van der Waals surface area contributed by atoms with E-state index >= 15 is 0 Å². The van der Waals surface area contributed by atoms with E-state index in [4.69, 9.17) is 5.73 Å². The lowest BCUT2D eigenvalue weighted by Crippen LogP contribution is -2.46. The predicted molar refractivity (Wildman–Crippen MR) is 125 cm³/mol. The van der Waals surface area contributed by atoms with Crippen molar-refractivity contribution in [1.82, 2.24) is 25.1 Å². The maximum Gasteiger partial charge on any atom is 0.272 e. The van der Waals surface area contributed by atoms with Crippen LogP contribution in [-0.4, -0.2) is 53.6 Å². The molecule has 0 aromatic carbocycles. The molecule has 2 amide bonds. The molecule has 0 radical (unpaired) electrons. The van der Waals surface area contributed by atoms with E-state index in [0.29, 0.717) is 35.3 Å². The summed E-state index contributed by atoms with van der Waals surface area (Å²) in [5.74, 6) is 0.110. The highest BCUT2D eigenvalue weighted by molar-refractivity contribution is 6.04. The summed E-state index contributed by atoms with van der Waals surface area (Å²) in [7, 11) is 6.93. The second-order valence-corrected chi connectivity index (χ2v) is 6.53. The molecule has 2 rings (SSSR count). The summed E-state index contributed by atoms with van der Waals surface area (Å²) < 4.78 is 3.31. The molecule has 0 aliphatic carbocycles. The number of aliphatic imine (C=N–C) groups is 1. The van der Waals surface area contributed by atoms with Crippen molar-refractivity contribution in [3.8, 4) is 0 Å². The molecule has 1 unspecified atom stereocenters. The van der Waals surface area contributed by atoms with E-state index in [-0.39, 0.29) is 42.7 Å². The highest BCUT2D eigenvalue weighted by Gasteiger charge is 2.16. The van der Waals surface area contributed by atoms with Crippen molar-refractivity contribution in [2.24, 2.45) is 19.1 Å². The molecule has 0 aliphatic rings. The molecule has 168 valence electrons. The van der Waals surface area contributed by atoms with Crippen LogP contribution in [0, 0.1) is 0 Å². The van der Waals surface area contributed by atoms with E-state index < -0.39 is 0 Å². The van der Waals surface area contributed by atoms with E-state index in [9.17, 15) is 9.59 Å². The van der Waals surface area contributed by atoms with Gasteiger partial charge in [0.05, 0.1) is 11.4 Å². The van der Waals surface area contributed by atoms with Gasteiger partial charge in [0.2, 0.25) is 0 Å². The first-order valence-electron chi connectivity index (χ1n) is 8.84. The SMILES string of the molecule is CN=C(NC)NC(C)CNC(=O)c1cc(NC(=O)c2cc(N)cn2C)cn1C.Cl.Cl. The topological polar surface area (TPSA) is 130 Å². The number of halogens is 2. The van der Waals surface area contributed by atoms with Gasteiger partial charge in [-0.2, -0.15) is 0 Å². The maximum absolute atomic E-state index is 12.5. The summed E-state index contributed by atoms with van der Waals surface area (Å²) >= 11 is 0. The largest absolute Gasteiger partial charge is 0.397 e. The van der Waals surface area contributed by atoms with E-state index in [1.54, 1.807) is 61.9 Å². The first-order valence-corrected chi connectivity index (χ1v) is 8.84. The van der Waals surface area contributed by atoms with Gasteiger partial charge in [-0.25, -0.2) is 0 Å². The second kappa shape index (κ2) is 12.0. The average Bonchev–Trinajstić information content (AvgIpc) is 3.18. The lowest BCUT2D eigenvalue weighted by Gasteiger charge is -2.17. The van der Waals surface area contributed by atoms with Crippen LogP contribution in [0.25, 0.3) is 0 Å². The Morgan fingerprint density at radius 2 is 1.70 bits per heavy atom. The third-order valence-corrected chi connectivity index (χ3v) is 4.17. The third-order valence-electron chi connectivity index (χ3n) is 4.17. The molecule has 0 saturated carbocycles. The minimum Gasteiger partial charge on any atom is -0.397 e. The number of hydrogen-bond acceptors (Lipinski definition) is 4. The molecule has 2 heterocycles. The van der Waals surface area contributed by atoms with Gasteiger partial charge in [-0.05, 0) is 19.1 Å². The number of aromatic nitrogens is 2. The summed E-state index contributed by atoms with van der Waals surface area (Å²) in [6, 6.07) is 3.21.